The topological polar surface area (TPSA) is 73.6 Å². The van der Waals surface area contributed by atoms with Gasteiger partial charge in [0.15, 0.2) is 0 Å². The largest absolute Gasteiger partial charge is 0.369 e. The first-order valence-corrected chi connectivity index (χ1v) is 21.7. The molecule has 0 radical (unpaired) electrons. The van der Waals surface area contributed by atoms with E-state index >= 15 is 0 Å². The van der Waals surface area contributed by atoms with E-state index in [-0.39, 0.29) is 11.3 Å². The molecular formula is C47H55Cl2N9. The summed E-state index contributed by atoms with van der Waals surface area (Å²) in [6.07, 6.45) is 12.9. The van der Waals surface area contributed by atoms with Crippen molar-refractivity contribution in [2.45, 2.75) is 50.9 Å². The average Bonchev–Trinajstić information content (AvgIpc) is 3.87. The van der Waals surface area contributed by atoms with Gasteiger partial charge in [-0.25, -0.2) is 0 Å². The molecule has 1 unspecified atom stereocenters. The van der Waals surface area contributed by atoms with Crippen LogP contribution in [-0.4, -0.2) is 108 Å². The molecule has 11 heteroatoms. The number of aromatic nitrogens is 4. The Morgan fingerprint density at radius 3 is 2.29 bits per heavy atom. The SMILES string of the molecule is CN(CN1CCN(C2=CCC(c3n[nH]c4ccc(Cl)cc34)C=C2)CC1)c1ccc(C(C)(C)CCN2CCN(c3ccc(-c4n[nH]c5c4C=C(Cl)CC5)cc3)CC2)cc1. The normalized spacial score (nSPS) is 19.4. The molecule has 58 heavy (non-hydrogen) atoms. The Morgan fingerprint density at radius 2 is 1.55 bits per heavy atom. The number of benzene rings is 3. The molecule has 5 aromatic rings. The second-order valence-corrected chi connectivity index (χ2v) is 18.1. The number of nitrogens with zero attached hydrogens (tertiary/aromatic N) is 7. The minimum absolute atomic E-state index is 0.104. The highest BCUT2D eigenvalue weighted by atomic mass is 35.5. The van der Waals surface area contributed by atoms with Crippen LogP contribution in [-0.2, 0) is 11.8 Å². The van der Waals surface area contributed by atoms with Crippen molar-refractivity contribution in [3.63, 3.8) is 0 Å². The maximum atomic E-state index is 6.36. The van der Waals surface area contributed by atoms with Gasteiger partial charge in [-0.15, -0.1) is 0 Å². The molecule has 4 heterocycles. The van der Waals surface area contributed by atoms with E-state index in [1.807, 2.05) is 18.2 Å². The molecule has 2 saturated heterocycles. The van der Waals surface area contributed by atoms with Crippen LogP contribution >= 0.6 is 23.2 Å². The number of hydrogen-bond acceptors (Lipinski definition) is 7. The molecule has 0 bridgehead atoms. The predicted molar refractivity (Wildman–Crippen MR) is 241 cm³/mol. The van der Waals surface area contributed by atoms with Gasteiger partial charge < -0.3 is 14.7 Å². The molecule has 2 fully saturated rings. The Morgan fingerprint density at radius 1 is 0.810 bits per heavy atom. The van der Waals surface area contributed by atoms with Crippen LogP contribution < -0.4 is 9.80 Å². The van der Waals surface area contributed by atoms with E-state index in [9.17, 15) is 0 Å². The summed E-state index contributed by atoms with van der Waals surface area (Å²) >= 11 is 12.7. The van der Waals surface area contributed by atoms with Crippen LogP contribution in [0.3, 0.4) is 0 Å². The van der Waals surface area contributed by atoms with E-state index in [0.29, 0.717) is 0 Å². The number of anilines is 2. The first kappa shape index (κ1) is 38.9. The summed E-state index contributed by atoms with van der Waals surface area (Å²) in [4.78, 5) is 12.6. The molecule has 2 aromatic heterocycles. The molecular weight excluding hydrogens is 761 g/mol. The Balaban J connectivity index is 0.708. The molecule has 9 rings (SSSR count). The highest BCUT2D eigenvalue weighted by molar-refractivity contribution is 6.32. The van der Waals surface area contributed by atoms with Gasteiger partial charge >= 0.3 is 0 Å². The monoisotopic (exact) mass is 815 g/mol. The smallest absolute Gasteiger partial charge is 0.0996 e. The van der Waals surface area contributed by atoms with E-state index < -0.39 is 0 Å². The minimum atomic E-state index is 0.104. The summed E-state index contributed by atoms with van der Waals surface area (Å²) in [7, 11) is 2.22. The number of H-pyrrole nitrogens is 2. The number of aromatic amines is 2. The molecule has 0 spiro atoms. The van der Waals surface area contributed by atoms with Crippen molar-refractivity contribution in [1.82, 2.24) is 35.1 Å². The van der Waals surface area contributed by atoms with Gasteiger partial charge in [0.2, 0.25) is 0 Å². The fourth-order valence-electron chi connectivity index (χ4n) is 9.10. The lowest BCUT2D eigenvalue weighted by molar-refractivity contribution is 0.163. The number of rotatable bonds is 11. The lowest BCUT2D eigenvalue weighted by Gasteiger charge is -2.39. The van der Waals surface area contributed by atoms with Crippen LogP contribution in [0.2, 0.25) is 5.02 Å². The zero-order valence-corrected chi connectivity index (χ0v) is 35.5. The second kappa shape index (κ2) is 16.6. The summed E-state index contributed by atoms with van der Waals surface area (Å²) in [5.41, 5.74) is 12.0. The first-order valence-electron chi connectivity index (χ1n) is 21.0. The molecule has 0 saturated carbocycles. The third-order valence-electron chi connectivity index (χ3n) is 13.0. The van der Waals surface area contributed by atoms with Crippen molar-refractivity contribution in [2.75, 3.05) is 82.4 Å². The maximum absolute atomic E-state index is 6.36. The van der Waals surface area contributed by atoms with Crippen LogP contribution in [0.15, 0.2) is 95.7 Å². The van der Waals surface area contributed by atoms with Crippen LogP contribution in [0.1, 0.15) is 61.5 Å². The van der Waals surface area contributed by atoms with Crippen LogP contribution in [0.5, 0.6) is 0 Å². The standard InChI is InChI=1S/C47H55Cl2N9/c1-47(2,20-21-55-22-26-57(27-23-55)39-12-4-33(5-13-39)45-41-30-36(48)10-18-43(41)50-52-45)35-8-16-38(17-9-35)54(3)32-56-24-28-58(29-25-56)40-14-6-34(7-15-40)46-42-31-37(49)11-19-44(42)51-53-46/h4-6,8-9,11-17,19,30-31,34H,7,10,18,20-29,32H2,1-3H3,(H,50,52)(H,51,53). The Labute approximate surface area is 353 Å². The van der Waals surface area contributed by atoms with E-state index in [0.717, 1.165) is 135 Å². The summed E-state index contributed by atoms with van der Waals surface area (Å²) in [6.45, 7) is 15.3. The fourth-order valence-corrected chi connectivity index (χ4v) is 9.48. The van der Waals surface area contributed by atoms with Gasteiger partial charge in [0.1, 0.15) is 0 Å². The molecule has 9 nitrogen and oxygen atoms in total. The van der Waals surface area contributed by atoms with Gasteiger partial charge in [0.05, 0.1) is 23.6 Å². The molecule has 302 valence electrons. The van der Waals surface area contributed by atoms with Crippen LogP contribution in [0.4, 0.5) is 11.4 Å². The maximum Gasteiger partial charge on any atom is 0.0996 e. The number of aryl methyl sites for hydroxylation is 1. The number of nitrogens with one attached hydrogen (secondary N) is 2. The highest BCUT2D eigenvalue weighted by Gasteiger charge is 2.26. The Kier molecular flexibility index (Phi) is 11.2. The zero-order valence-electron chi connectivity index (χ0n) is 34.0. The number of hydrogen-bond donors (Lipinski definition) is 2. The number of halogens is 2. The van der Waals surface area contributed by atoms with E-state index in [1.165, 1.54) is 28.3 Å². The van der Waals surface area contributed by atoms with Crippen molar-refractivity contribution in [1.29, 1.82) is 0 Å². The summed E-state index contributed by atoms with van der Waals surface area (Å²) in [5, 5.41) is 18.4. The third-order valence-corrected chi connectivity index (χ3v) is 13.5. The summed E-state index contributed by atoms with van der Waals surface area (Å²) in [5.74, 6) is 0.263. The minimum Gasteiger partial charge on any atom is -0.369 e. The van der Waals surface area contributed by atoms with Crippen molar-refractivity contribution >= 4 is 51.6 Å². The predicted octanol–water partition coefficient (Wildman–Crippen LogP) is 9.26. The van der Waals surface area contributed by atoms with Gasteiger partial charge in [0, 0.05) is 115 Å². The van der Waals surface area contributed by atoms with E-state index in [4.69, 9.17) is 23.2 Å². The van der Waals surface area contributed by atoms with Crippen molar-refractivity contribution in [2.24, 2.45) is 0 Å². The quantitative estimate of drug-likeness (QED) is 0.138. The molecule has 3 aromatic carbocycles. The molecule has 1 atom stereocenters. The lowest BCUT2D eigenvalue weighted by atomic mass is 9.81. The van der Waals surface area contributed by atoms with Gasteiger partial charge in [-0.3, -0.25) is 20.0 Å². The molecule has 4 aliphatic rings. The zero-order chi connectivity index (χ0) is 39.8. The number of fused-ring (bicyclic) bond motifs is 2. The van der Waals surface area contributed by atoms with E-state index in [1.54, 1.807) is 0 Å². The van der Waals surface area contributed by atoms with Crippen LogP contribution in [0, 0.1) is 0 Å². The van der Waals surface area contributed by atoms with E-state index in [2.05, 4.69) is 139 Å². The van der Waals surface area contributed by atoms with Crippen molar-refractivity contribution in [3.8, 4) is 11.3 Å². The lowest BCUT2D eigenvalue weighted by Crippen LogP contribution is -2.49. The van der Waals surface area contributed by atoms with Gasteiger partial charge in [0.25, 0.3) is 0 Å². The average molecular weight is 817 g/mol. The molecule has 2 aliphatic heterocycles. The number of piperazine rings is 2. The fraction of sp³-hybridized carbons (Fsp3) is 0.404. The van der Waals surface area contributed by atoms with Gasteiger partial charge in [-0.2, -0.15) is 10.2 Å². The molecule has 0 amide bonds. The highest BCUT2D eigenvalue weighted by Crippen LogP contribution is 2.35. The van der Waals surface area contributed by atoms with Gasteiger partial charge in [-0.05, 0) is 97.8 Å². The molecule has 2 N–H and O–H groups in total. The summed E-state index contributed by atoms with van der Waals surface area (Å²) < 4.78 is 0. The first-order chi connectivity index (χ1) is 28.2. The number of allylic oxidation sites excluding steroid dienone is 4. The summed E-state index contributed by atoms with van der Waals surface area (Å²) in [6, 6.07) is 24.2. The molecule has 2 aliphatic carbocycles. The van der Waals surface area contributed by atoms with Crippen molar-refractivity contribution < 1.29 is 0 Å². The van der Waals surface area contributed by atoms with Gasteiger partial charge in [-0.1, -0.05) is 73.5 Å². The Hall–Kier alpha value is -4.54. The Bertz CT molecular complexity index is 2300. The van der Waals surface area contributed by atoms with Crippen molar-refractivity contribution in [3.05, 3.63) is 123 Å². The second-order valence-electron chi connectivity index (χ2n) is 17.2. The van der Waals surface area contributed by atoms with Crippen LogP contribution in [0.25, 0.3) is 28.2 Å². The third kappa shape index (κ3) is 8.32.